The Bertz CT molecular complexity index is 454. The smallest absolute Gasteiger partial charge is 0.311 e. The Morgan fingerprint density at radius 1 is 1.69 bits per heavy atom. The number of hydrogen-bond donors (Lipinski definition) is 0. The molecule has 1 rings (SSSR count). The van der Waals surface area contributed by atoms with Crippen LogP contribution >= 0.6 is 22.9 Å². The molecule has 16 heavy (non-hydrogen) atoms. The van der Waals surface area contributed by atoms with E-state index in [9.17, 15) is 14.0 Å². The number of rotatable bonds is 4. The topological polar surface area (TPSA) is 55.7 Å². The minimum absolute atomic E-state index is 0.0427. The lowest BCUT2D eigenvalue weighted by atomic mass is 10.3. The van der Waals surface area contributed by atoms with Crippen LogP contribution in [0.15, 0.2) is 4.99 Å². The van der Waals surface area contributed by atoms with Crippen molar-refractivity contribution in [3.63, 3.8) is 0 Å². The zero-order chi connectivity index (χ0) is 12.1. The van der Waals surface area contributed by atoms with E-state index < -0.39 is 11.1 Å². The summed E-state index contributed by atoms with van der Waals surface area (Å²) in [4.78, 5) is 24.6. The summed E-state index contributed by atoms with van der Waals surface area (Å²) in [5.41, 5.74) is -0.277. The van der Waals surface area contributed by atoms with Gasteiger partial charge in [0.15, 0.2) is 0 Å². The van der Waals surface area contributed by atoms with E-state index in [0.717, 1.165) is 0 Å². The van der Waals surface area contributed by atoms with Gasteiger partial charge in [-0.15, -0.1) is 11.3 Å². The van der Waals surface area contributed by atoms with Crippen LogP contribution in [0, 0.1) is 5.13 Å². The first-order valence-electron chi connectivity index (χ1n) is 4.30. The summed E-state index contributed by atoms with van der Waals surface area (Å²) in [5.74, 6) is -0.507. The largest absolute Gasteiger partial charge is 0.466 e. The van der Waals surface area contributed by atoms with Gasteiger partial charge < -0.3 is 4.74 Å². The van der Waals surface area contributed by atoms with E-state index in [4.69, 9.17) is 11.6 Å². The van der Waals surface area contributed by atoms with Crippen LogP contribution in [0.1, 0.15) is 11.8 Å². The molecule has 0 radical (unpaired) electrons. The van der Waals surface area contributed by atoms with Crippen LogP contribution in [0.25, 0.3) is 0 Å². The second-order valence-electron chi connectivity index (χ2n) is 2.65. The molecule has 0 spiro atoms. The highest BCUT2D eigenvalue weighted by molar-refractivity contribution is 7.11. The van der Waals surface area contributed by atoms with Crippen LogP contribution in [-0.2, 0) is 20.7 Å². The van der Waals surface area contributed by atoms with Gasteiger partial charge in [-0.25, -0.2) is 4.79 Å². The molecule has 0 unspecified atom stereocenters. The molecule has 1 heterocycles. The summed E-state index contributed by atoms with van der Waals surface area (Å²) >= 11 is 6.41. The van der Waals surface area contributed by atoms with Gasteiger partial charge >= 0.3 is 5.97 Å². The van der Waals surface area contributed by atoms with Crippen molar-refractivity contribution < 1.29 is 18.7 Å². The number of carbonyl (C=O) groups excluding carboxylic acids is 2. The van der Waals surface area contributed by atoms with Gasteiger partial charge in [0, 0.05) is 4.88 Å². The molecule has 0 atom stereocenters. The number of carbonyl (C=O) groups is 1. The Morgan fingerprint density at radius 2 is 2.38 bits per heavy atom. The number of isocyanates is 1. The Morgan fingerprint density at radius 3 is 2.94 bits per heavy atom. The number of ether oxygens (including phenoxy) is 1. The summed E-state index contributed by atoms with van der Waals surface area (Å²) in [6.07, 6.45) is 1.06. The summed E-state index contributed by atoms with van der Waals surface area (Å²) in [6, 6.07) is 0. The van der Waals surface area contributed by atoms with Crippen molar-refractivity contribution in [3.8, 4) is 0 Å². The first-order chi connectivity index (χ1) is 7.60. The Kier molecular flexibility index (Phi) is 4.61. The summed E-state index contributed by atoms with van der Waals surface area (Å²) < 4.78 is 17.9. The van der Waals surface area contributed by atoms with Gasteiger partial charge in [0.1, 0.15) is 5.69 Å². The lowest BCUT2D eigenvalue weighted by Gasteiger charge is -1.99. The molecule has 0 saturated heterocycles. The molecule has 0 aromatic carbocycles. The highest BCUT2D eigenvalue weighted by Crippen LogP contribution is 2.38. The number of esters is 1. The predicted molar refractivity (Wildman–Crippen MR) is 57.4 cm³/mol. The molecular weight excluding hydrogens is 257 g/mol. The lowest BCUT2D eigenvalue weighted by Crippen LogP contribution is -2.06. The van der Waals surface area contributed by atoms with Crippen LogP contribution in [-0.4, -0.2) is 18.7 Å². The second kappa shape index (κ2) is 5.75. The normalized spacial score (nSPS) is 9.69. The number of aliphatic imine (C=N–C) groups is 1. The summed E-state index contributed by atoms with van der Waals surface area (Å²) in [7, 11) is 0. The summed E-state index contributed by atoms with van der Waals surface area (Å²) in [6.45, 7) is 1.90. The fraction of sp³-hybridized carbons (Fsp3) is 0.333. The van der Waals surface area contributed by atoms with E-state index in [1.807, 2.05) is 0 Å². The molecule has 0 N–H and O–H groups in total. The number of nitrogens with zero attached hydrogens (tertiary/aromatic N) is 1. The van der Waals surface area contributed by atoms with Crippen LogP contribution < -0.4 is 0 Å². The first-order valence-corrected chi connectivity index (χ1v) is 5.49. The monoisotopic (exact) mass is 263 g/mol. The number of thiophene rings is 1. The van der Waals surface area contributed by atoms with Gasteiger partial charge in [-0.2, -0.15) is 9.38 Å². The van der Waals surface area contributed by atoms with E-state index in [2.05, 4.69) is 9.73 Å². The zero-order valence-corrected chi connectivity index (χ0v) is 9.82. The van der Waals surface area contributed by atoms with Gasteiger partial charge in [-0.3, -0.25) is 4.79 Å². The Labute approximate surface area is 99.7 Å². The highest BCUT2D eigenvalue weighted by Gasteiger charge is 2.19. The third kappa shape index (κ3) is 2.88. The molecule has 1 aromatic rings. The standard InChI is InChI=1S/C9H7ClFNO3S/c1-2-15-6(14)3-5-7(10)8(12-4-13)9(11)16-5/h2-3H2,1H3. The number of halogens is 2. The molecule has 0 saturated carbocycles. The Hall–Kier alpha value is -1.23. The average molecular weight is 264 g/mol. The van der Waals surface area contributed by atoms with Crippen LogP contribution in [0.2, 0.25) is 5.02 Å². The zero-order valence-electron chi connectivity index (χ0n) is 8.25. The molecule has 0 aliphatic heterocycles. The highest BCUT2D eigenvalue weighted by atomic mass is 35.5. The minimum Gasteiger partial charge on any atom is -0.466 e. The van der Waals surface area contributed by atoms with E-state index in [-0.39, 0.29) is 28.6 Å². The van der Waals surface area contributed by atoms with Gasteiger partial charge in [-0.05, 0) is 6.92 Å². The molecular formula is C9H7ClFNO3S. The van der Waals surface area contributed by atoms with Crippen LogP contribution in [0.5, 0.6) is 0 Å². The maximum absolute atomic E-state index is 13.2. The maximum atomic E-state index is 13.2. The molecule has 0 aliphatic carbocycles. The van der Waals surface area contributed by atoms with Crippen molar-refractivity contribution in [2.24, 2.45) is 4.99 Å². The molecule has 0 amide bonds. The van der Waals surface area contributed by atoms with Crippen LogP contribution in [0.4, 0.5) is 10.1 Å². The molecule has 0 bridgehead atoms. The molecule has 1 aromatic heterocycles. The van der Waals surface area contributed by atoms with Crippen molar-refractivity contribution in [1.29, 1.82) is 0 Å². The van der Waals surface area contributed by atoms with E-state index in [0.29, 0.717) is 11.3 Å². The molecule has 4 nitrogen and oxygen atoms in total. The van der Waals surface area contributed by atoms with Crippen molar-refractivity contribution in [3.05, 3.63) is 15.0 Å². The third-order valence-electron chi connectivity index (χ3n) is 1.62. The molecule has 0 aliphatic rings. The van der Waals surface area contributed by atoms with Crippen molar-refractivity contribution >= 4 is 40.7 Å². The fourth-order valence-corrected chi connectivity index (χ4v) is 2.22. The first kappa shape index (κ1) is 12.8. The maximum Gasteiger partial charge on any atom is 0.311 e. The van der Waals surface area contributed by atoms with Gasteiger partial charge in [0.25, 0.3) is 0 Å². The SMILES string of the molecule is CCOC(=O)Cc1sc(F)c(N=C=O)c1Cl. The van der Waals surface area contributed by atoms with E-state index in [1.165, 1.54) is 6.08 Å². The fourth-order valence-electron chi connectivity index (χ4n) is 1.02. The van der Waals surface area contributed by atoms with Crippen molar-refractivity contribution in [2.45, 2.75) is 13.3 Å². The van der Waals surface area contributed by atoms with Crippen molar-refractivity contribution in [1.82, 2.24) is 0 Å². The van der Waals surface area contributed by atoms with Gasteiger partial charge in [0.2, 0.25) is 11.2 Å². The van der Waals surface area contributed by atoms with Crippen molar-refractivity contribution in [2.75, 3.05) is 6.61 Å². The number of hydrogen-bond acceptors (Lipinski definition) is 5. The van der Waals surface area contributed by atoms with Gasteiger partial charge in [0.05, 0.1) is 18.1 Å². The molecule has 7 heteroatoms. The lowest BCUT2D eigenvalue weighted by molar-refractivity contribution is -0.142. The Balaban J connectivity index is 2.94. The molecule has 86 valence electrons. The van der Waals surface area contributed by atoms with Gasteiger partial charge in [-0.1, -0.05) is 11.6 Å². The quantitative estimate of drug-likeness (QED) is 0.477. The second-order valence-corrected chi connectivity index (χ2v) is 4.08. The van der Waals surface area contributed by atoms with E-state index in [1.54, 1.807) is 6.92 Å². The minimum atomic E-state index is -0.715. The average Bonchev–Trinajstić information content (AvgIpc) is 2.47. The summed E-state index contributed by atoms with van der Waals surface area (Å²) in [5, 5.41) is -0.758. The predicted octanol–water partition coefficient (Wildman–Crippen LogP) is 2.61. The van der Waals surface area contributed by atoms with E-state index >= 15 is 0 Å². The molecule has 0 fully saturated rings. The third-order valence-corrected chi connectivity index (χ3v) is 3.11. The van der Waals surface area contributed by atoms with Crippen LogP contribution in [0.3, 0.4) is 0 Å².